The molecule has 0 spiro atoms. The summed E-state index contributed by atoms with van der Waals surface area (Å²) >= 11 is 0. The van der Waals surface area contributed by atoms with Gasteiger partial charge in [-0.15, -0.1) is 0 Å². The molecule has 2 rings (SSSR count). The number of hydrogen-bond donors (Lipinski definition) is 2. The second-order valence-electron chi connectivity index (χ2n) is 3.43. The molecular weight excluding hydrogens is 180 g/mol. The number of amides is 1. The molecule has 0 aliphatic heterocycles. The highest BCUT2D eigenvalue weighted by atomic mass is 16.1. The summed E-state index contributed by atoms with van der Waals surface area (Å²) in [4.78, 5) is 19.2. The first-order valence-corrected chi connectivity index (χ1v) is 4.64. The maximum absolute atomic E-state index is 11.5. The van der Waals surface area contributed by atoms with E-state index in [-0.39, 0.29) is 17.4 Å². The van der Waals surface area contributed by atoms with Gasteiger partial charge in [-0.3, -0.25) is 9.78 Å². The minimum absolute atomic E-state index is 0.186. The van der Waals surface area contributed by atoms with Gasteiger partial charge in [-0.05, 0) is 19.3 Å². The van der Waals surface area contributed by atoms with Crippen molar-refractivity contribution in [3.63, 3.8) is 0 Å². The monoisotopic (exact) mass is 192 g/mol. The Morgan fingerprint density at radius 3 is 2.86 bits per heavy atom. The first-order valence-electron chi connectivity index (χ1n) is 4.64. The van der Waals surface area contributed by atoms with Crippen LogP contribution < -0.4 is 11.1 Å². The first-order chi connectivity index (χ1) is 6.75. The standard InChI is InChI=1S/C9H12N4O/c10-8-5-11-4-7(13-8)9(14)12-6-2-1-3-6/h4-6H,1-3H2,(H2,10,13)(H,12,14). The third kappa shape index (κ3) is 1.81. The first kappa shape index (κ1) is 8.93. The van der Waals surface area contributed by atoms with Gasteiger partial charge < -0.3 is 11.1 Å². The van der Waals surface area contributed by atoms with Crippen molar-refractivity contribution in [2.75, 3.05) is 5.73 Å². The summed E-state index contributed by atoms with van der Waals surface area (Å²) in [5, 5.41) is 2.86. The molecule has 0 saturated heterocycles. The van der Waals surface area contributed by atoms with Crippen LogP contribution in [0.1, 0.15) is 29.8 Å². The zero-order chi connectivity index (χ0) is 9.97. The molecule has 5 nitrogen and oxygen atoms in total. The fourth-order valence-electron chi connectivity index (χ4n) is 1.30. The van der Waals surface area contributed by atoms with E-state index < -0.39 is 0 Å². The van der Waals surface area contributed by atoms with Crippen molar-refractivity contribution >= 4 is 11.7 Å². The summed E-state index contributed by atoms with van der Waals surface area (Å²) in [6, 6.07) is 0.311. The second-order valence-corrected chi connectivity index (χ2v) is 3.43. The van der Waals surface area contributed by atoms with Crippen LogP contribution in [0, 0.1) is 0 Å². The number of nitrogens with two attached hydrogens (primary N) is 1. The molecule has 0 aromatic carbocycles. The third-order valence-corrected chi connectivity index (χ3v) is 2.33. The molecule has 1 aliphatic carbocycles. The molecule has 3 N–H and O–H groups in total. The summed E-state index contributed by atoms with van der Waals surface area (Å²) in [7, 11) is 0. The molecule has 0 unspecified atom stereocenters. The predicted molar refractivity (Wildman–Crippen MR) is 51.5 cm³/mol. The molecule has 1 aromatic heterocycles. The Hall–Kier alpha value is -1.65. The lowest BCUT2D eigenvalue weighted by Gasteiger charge is -2.25. The number of carbonyl (C=O) groups excluding carboxylic acids is 1. The zero-order valence-electron chi connectivity index (χ0n) is 7.73. The van der Waals surface area contributed by atoms with E-state index >= 15 is 0 Å². The fraction of sp³-hybridized carbons (Fsp3) is 0.444. The van der Waals surface area contributed by atoms with Gasteiger partial charge in [-0.1, -0.05) is 0 Å². The molecule has 74 valence electrons. The van der Waals surface area contributed by atoms with Crippen molar-refractivity contribution in [3.8, 4) is 0 Å². The molecule has 1 fully saturated rings. The van der Waals surface area contributed by atoms with Crippen molar-refractivity contribution in [1.82, 2.24) is 15.3 Å². The van der Waals surface area contributed by atoms with Crippen molar-refractivity contribution in [3.05, 3.63) is 18.1 Å². The van der Waals surface area contributed by atoms with Crippen LogP contribution in [0.2, 0.25) is 0 Å². The van der Waals surface area contributed by atoms with E-state index in [2.05, 4.69) is 15.3 Å². The van der Waals surface area contributed by atoms with Crippen molar-refractivity contribution in [2.24, 2.45) is 0 Å². The predicted octanol–water partition coefficient (Wildman–Crippen LogP) is 0.341. The van der Waals surface area contributed by atoms with Gasteiger partial charge >= 0.3 is 0 Å². The van der Waals surface area contributed by atoms with Gasteiger partial charge in [0, 0.05) is 6.04 Å². The lowest BCUT2D eigenvalue weighted by molar-refractivity contribution is 0.0911. The van der Waals surface area contributed by atoms with Crippen LogP contribution in [0.5, 0.6) is 0 Å². The van der Waals surface area contributed by atoms with E-state index in [1.807, 2.05) is 0 Å². The van der Waals surface area contributed by atoms with E-state index in [1.54, 1.807) is 0 Å². The number of nitrogen functional groups attached to an aromatic ring is 1. The molecule has 5 heteroatoms. The van der Waals surface area contributed by atoms with E-state index in [0.717, 1.165) is 12.8 Å². The molecule has 0 radical (unpaired) electrons. The summed E-state index contributed by atoms with van der Waals surface area (Å²) in [6.45, 7) is 0. The van der Waals surface area contributed by atoms with Crippen LogP contribution in [0.15, 0.2) is 12.4 Å². The molecule has 1 amide bonds. The third-order valence-electron chi connectivity index (χ3n) is 2.33. The fourth-order valence-corrected chi connectivity index (χ4v) is 1.30. The normalized spacial score (nSPS) is 16.0. The largest absolute Gasteiger partial charge is 0.382 e. The Balaban J connectivity index is 2.02. The van der Waals surface area contributed by atoms with Crippen LogP contribution in [0.3, 0.4) is 0 Å². The summed E-state index contributed by atoms with van der Waals surface area (Å²) in [5.74, 6) is 0.0840. The number of carbonyl (C=O) groups is 1. The number of nitrogens with one attached hydrogen (secondary N) is 1. The maximum atomic E-state index is 11.5. The summed E-state index contributed by atoms with van der Waals surface area (Å²) < 4.78 is 0. The Morgan fingerprint density at radius 1 is 1.50 bits per heavy atom. The quantitative estimate of drug-likeness (QED) is 0.708. The Bertz CT molecular complexity index is 348. The van der Waals surface area contributed by atoms with Crippen LogP contribution in [-0.2, 0) is 0 Å². The average Bonchev–Trinajstić information content (AvgIpc) is 2.11. The summed E-state index contributed by atoms with van der Waals surface area (Å²) in [6.07, 6.45) is 6.14. The smallest absolute Gasteiger partial charge is 0.271 e. The summed E-state index contributed by atoms with van der Waals surface area (Å²) in [5.41, 5.74) is 5.71. The van der Waals surface area contributed by atoms with Gasteiger partial charge in [0.1, 0.15) is 11.5 Å². The van der Waals surface area contributed by atoms with Gasteiger partial charge in [0.15, 0.2) is 0 Å². The number of rotatable bonds is 2. The molecule has 1 saturated carbocycles. The Kier molecular flexibility index (Phi) is 2.30. The van der Waals surface area contributed by atoms with Crippen molar-refractivity contribution < 1.29 is 4.79 Å². The van der Waals surface area contributed by atoms with E-state index in [9.17, 15) is 4.79 Å². The number of nitrogens with zero attached hydrogens (tertiary/aromatic N) is 2. The van der Waals surface area contributed by atoms with Gasteiger partial charge in [0.2, 0.25) is 0 Å². The van der Waals surface area contributed by atoms with Crippen LogP contribution >= 0.6 is 0 Å². The SMILES string of the molecule is Nc1cncc(C(=O)NC2CCC2)n1. The highest BCUT2D eigenvalue weighted by molar-refractivity contribution is 5.92. The molecule has 1 aromatic rings. The van der Waals surface area contributed by atoms with E-state index in [1.165, 1.54) is 18.8 Å². The highest BCUT2D eigenvalue weighted by Gasteiger charge is 2.20. The number of hydrogen-bond acceptors (Lipinski definition) is 4. The topological polar surface area (TPSA) is 80.9 Å². The number of aromatic nitrogens is 2. The van der Waals surface area contributed by atoms with Gasteiger partial charge in [0.25, 0.3) is 5.91 Å². The zero-order valence-corrected chi connectivity index (χ0v) is 7.73. The van der Waals surface area contributed by atoms with Crippen LogP contribution in [0.25, 0.3) is 0 Å². The molecule has 0 bridgehead atoms. The van der Waals surface area contributed by atoms with E-state index in [4.69, 9.17) is 5.73 Å². The molecule has 14 heavy (non-hydrogen) atoms. The number of anilines is 1. The minimum atomic E-state index is -0.186. The Labute approximate surface area is 81.7 Å². The minimum Gasteiger partial charge on any atom is -0.382 e. The molecular formula is C9H12N4O. The molecule has 1 aliphatic rings. The molecule has 1 heterocycles. The van der Waals surface area contributed by atoms with Crippen molar-refractivity contribution in [1.29, 1.82) is 0 Å². The molecule has 0 atom stereocenters. The van der Waals surface area contributed by atoms with Gasteiger partial charge in [-0.2, -0.15) is 0 Å². The van der Waals surface area contributed by atoms with Crippen molar-refractivity contribution in [2.45, 2.75) is 25.3 Å². The highest BCUT2D eigenvalue weighted by Crippen LogP contribution is 2.18. The van der Waals surface area contributed by atoms with E-state index in [0.29, 0.717) is 6.04 Å². The second kappa shape index (κ2) is 3.61. The van der Waals surface area contributed by atoms with Crippen LogP contribution in [0.4, 0.5) is 5.82 Å². The van der Waals surface area contributed by atoms with Gasteiger partial charge in [-0.25, -0.2) is 4.98 Å². The van der Waals surface area contributed by atoms with Crippen LogP contribution in [-0.4, -0.2) is 21.9 Å². The van der Waals surface area contributed by atoms with Gasteiger partial charge in [0.05, 0.1) is 12.4 Å². The maximum Gasteiger partial charge on any atom is 0.271 e. The lowest BCUT2D eigenvalue weighted by Crippen LogP contribution is -2.39. The Morgan fingerprint density at radius 2 is 2.29 bits per heavy atom. The lowest BCUT2D eigenvalue weighted by atomic mass is 9.93. The average molecular weight is 192 g/mol.